The van der Waals surface area contributed by atoms with Crippen molar-refractivity contribution >= 4 is 11.6 Å². The van der Waals surface area contributed by atoms with Gasteiger partial charge in [0.05, 0.1) is 11.7 Å². The van der Waals surface area contributed by atoms with Crippen LogP contribution in [0.1, 0.15) is 36.2 Å². The van der Waals surface area contributed by atoms with Crippen LogP contribution in [0.25, 0.3) is 0 Å². The van der Waals surface area contributed by atoms with Crippen molar-refractivity contribution in [2.24, 2.45) is 0 Å². The fourth-order valence-corrected chi connectivity index (χ4v) is 2.56. The first-order valence-electron chi connectivity index (χ1n) is 7.20. The van der Waals surface area contributed by atoms with E-state index in [4.69, 9.17) is 11.6 Å². The third kappa shape index (κ3) is 4.26. The Kier molecular flexibility index (Phi) is 5.71. The molecule has 2 nitrogen and oxygen atoms in total. The lowest BCUT2D eigenvalue weighted by Crippen LogP contribution is -2.26. The summed E-state index contributed by atoms with van der Waals surface area (Å²) in [4.78, 5) is 4.46. The summed E-state index contributed by atoms with van der Waals surface area (Å²) in [5, 5.41) is 4.00. The summed E-state index contributed by atoms with van der Waals surface area (Å²) in [7, 11) is 0. The molecule has 1 aromatic heterocycles. The van der Waals surface area contributed by atoms with E-state index < -0.39 is 0 Å². The van der Waals surface area contributed by atoms with Crippen molar-refractivity contribution < 1.29 is 4.39 Å². The molecule has 4 heteroatoms. The number of hydrogen-bond donors (Lipinski definition) is 1. The number of aromatic nitrogens is 1. The van der Waals surface area contributed by atoms with Crippen molar-refractivity contribution in [3.63, 3.8) is 0 Å². The summed E-state index contributed by atoms with van der Waals surface area (Å²) < 4.78 is 14.0. The molecular formula is C17H20ClFN2. The lowest BCUT2D eigenvalue weighted by atomic mass is 9.99. The Morgan fingerprint density at radius 2 is 2.14 bits per heavy atom. The maximum Gasteiger partial charge on any atom is 0.126 e. The Bertz CT molecular complexity index is 601. The van der Waals surface area contributed by atoms with Crippen LogP contribution in [0.3, 0.4) is 0 Å². The Hall–Kier alpha value is -1.45. The lowest BCUT2D eigenvalue weighted by molar-refractivity contribution is 0.501. The summed E-state index contributed by atoms with van der Waals surface area (Å²) in [6.07, 6.45) is 3.32. The van der Waals surface area contributed by atoms with E-state index in [1.165, 1.54) is 6.07 Å². The highest BCUT2D eigenvalue weighted by Crippen LogP contribution is 2.23. The molecule has 0 aliphatic carbocycles. The van der Waals surface area contributed by atoms with Gasteiger partial charge in [-0.25, -0.2) is 4.39 Å². The predicted molar refractivity (Wildman–Crippen MR) is 85.1 cm³/mol. The highest BCUT2D eigenvalue weighted by molar-refractivity contribution is 6.30. The molecule has 1 aromatic carbocycles. The largest absolute Gasteiger partial charge is 0.308 e. The van der Waals surface area contributed by atoms with E-state index in [1.807, 2.05) is 19.1 Å². The number of rotatable bonds is 6. The maximum absolute atomic E-state index is 14.0. The average molecular weight is 307 g/mol. The number of pyridine rings is 1. The summed E-state index contributed by atoms with van der Waals surface area (Å²) in [6, 6.07) is 8.60. The van der Waals surface area contributed by atoms with E-state index in [2.05, 4.69) is 17.2 Å². The second-order valence-corrected chi connectivity index (χ2v) is 5.59. The van der Waals surface area contributed by atoms with Crippen LogP contribution in [0.5, 0.6) is 0 Å². The zero-order valence-electron chi connectivity index (χ0n) is 12.4. The van der Waals surface area contributed by atoms with Crippen molar-refractivity contribution in [1.29, 1.82) is 0 Å². The van der Waals surface area contributed by atoms with Crippen molar-refractivity contribution in [2.45, 2.75) is 32.7 Å². The second-order valence-electron chi connectivity index (χ2n) is 5.15. The molecule has 0 aliphatic rings. The van der Waals surface area contributed by atoms with Crippen LogP contribution in [-0.4, -0.2) is 11.5 Å². The fraction of sp³-hybridized carbons (Fsp3) is 0.353. The van der Waals surface area contributed by atoms with Crippen LogP contribution in [-0.2, 0) is 6.42 Å². The van der Waals surface area contributed by atoms with E-state index in [1.54, 1.807) is 18.3 Å². The molecule has 1 N–H and O–H groups in total. The topological polar surface area (TPSA) is 24.9 Å². The van der Waals surface area contributed by atoms with Gasteiger partial charge in [-0.1, -0.05) is 24.6 Å². The van der Waals surface area contributed by atoms with Gasteiger partial charge in [-0.2, -0.15) is 0 Å². The highest BCUT2D eigenvalue weighted by atomic mass is 35.5. The molecule has 0 radical (unpaired) electrons. The van der Waals surface area contributed by atoms with Crippen LogP contribution in [0.2, 0.25) is 5.02 Å². The molecule has 0 saturated heterocycles. The number of benzene rings is 1. The lowest BCUT2D eigenvalue weighted by Gasteiger charge is -2.20. The van der Waals surface area contributed by atoms with Crippen LogP contribution < -0.4 is 5.32 Å². The normalized spacial score (nSPS) is 12.4. The zero-order valence-corrected chi connectivity index (χ0v) is 13.1. The van der Waals surface area contributed by atoms with E-state index in [0.29, 0.717) is 17.0 Å². The predicted octanol–water partition coefficient (Wildman–Crippen LogP) is 4.47. The van der Waals surface area contributed by atoms with Crippen LogP contribution in [0.15, 0.2) is 36.5 Å². The van der Waals surface area contributed by atoms with Gasteiger partial charge >= 0.3 is 0 Å². The quantitative estimate of drug-likeness (QED) is 0.852. The third-order valence-electron chi connectivity index (χ3n) is 3.45. The molecule has 2 rings (SSSR count). The van der Waals surface area contributed by atoms with E-state index in [0.717, 1.165) is 24.2 Å². The molecule has 1 unspecified atom stereocenters. The fourth-order valence-electron chi connectivity index (χ4n) is 2.37. The second kappa shape index (κ2) is 7.53. The standard InChI is InChI=1S/C17H20ClFN2/c1-3-8-20-16(17-12(2)5-4-9-21-17)11-13-10-14(18)6-7-15(13)19/h4-7,9-10,16,20H,3,8,11H2,1-2H3. The molecule has 0 saturated carbocycles. The van der Waals surface area contributed by atoms with Gasteiger partial charge in [0.15, 0.2) is 0 Å². The van der Waals surface area contributed by atoms with E-state index >= 15 is 0 Å². The van der Waals surface area contributed by atoms with Gasteiger partial charge in [-0.15, -0.1) is 0 Å². The van der Waals surface area contributed by atoms with Gasteiger partial charge in [0.1, 0.15) is 5.82 Å². The highest BCUT2D eigenvalue weighted by Gasteiger charge is 2.17. The van der Waals surface area contributed by atoms with Gasteiger partial charge in [-0.3, -0.25) is 4.98 Å². The molecule has 112 valence electrons. The first-order chi connectivity index (χ1) is 10.1. The van der Waals surface area contributed by atoms with E-state index in [9.17, 15) is 4.39 Å². The minimum atomic E-state index is -0.226. The third-order valence-corrected chi connectivity index (χ3v) is 3.69. The van der Waals surface area contributed by atoms with Crippen molar-refractivity contribution in [3.8, 4) is 0 Å². The molecular weight excluding hydrogens is 287 g/mol. The Labute approximate surface area is 130 Å². The monoisotopic (exact) mass is 306 g/mol. The number of nitrogens with one attached hydrogen (secondary N) is 1. The first kappa shape index (κ1) is 15.9. The summed E-state index contributed by atoms with van der Waals surface area (Å²) in [5.41, 5.74) is 2.68. The van der Waals surface area contributed by atoms with Gasteiger partial charge in [0.25, 0.3) is 0 Å². The summed E-state index contributed by atoms with van der Waals surface area (Å²) in [5.74, 6) is -0.226. The van der Waals surface area contributed by atoms with Gasteiger partial charge in [-0.05, 0) is 61.7 Å². The zero-order chi connectivity index (χ0) is 15.2. The first-order valence-corrected chi connectivity index (χ1v) is 7.58. The molecule has 0 aliphatic heterocycles. The number of hydrogen-bond acceptors (Lipinski definition) is 2. The molecule has 0 spiro atoms. The van der Waals surface area contributed by atoms with Crippen molar-refractivity contribution in [1.82, 2.24) is 10.3 Å². The van der Waals surface area contributed by atoms with E-state index in [-0.39, 0.29) is 11.9 Å². The van der Waals surface area contributed by atoms with Crippen LogP contribution in [0.4, 0.5) is 4.39 Å². The molecule has 1 heterocycles. The molecule has 1 atom stereocenters. The van der Waals surface area contributed by atoms with Crippen LogP contribution >= 0.6 is 11.6 Å². The van der Waals surface area contributed by atoms with Crippen molar-refractivity contribution in [3.05, 3.63) is 64.2 Å². The Morgan fingerprint density at radius 1 is 1.33 bits per heavy atom. The summed E-state index contributed by atoms with van der Waals surface area (Å²) >= 11 is 5.98. The van der Waals surface area contributed by atoms with Crippen LogP contribution in [0, 0.1) is 12.7 Å². The average Bonchev–Trinajstić information content (AvgIpc) is 2.48. The van der Waals surface area contributed by atoms with Gasteiger partial charge in [0, 0.05) is 11.2 Å². The SMILES string of the molecule is CCCNC(Cc1cc(Cl)ccc1F)c1ncccc1C. The molecule has 2 aromatic rings. The number of halogens is 2. The minimum absolute atomic E-state index is 0.0147. The number of nitrogens with zero attached hydrogens (tertiary/aromatic N) is 1. The molecule has 0 amide bonds. The van der Waals surface area contributed by atoms with Crippen molar-refractivity contribution in [2.75, 3.05) is 6.54 Å². The molecule has 0 fully saturated rings. The molecule has 21 heavy (non-hydrogen) atoms. The molecule has 0 bridgehead atoms. The maximum atomic E-state index is 14.0. The van der Waals surface area contributed by atoms with Gasteiger partial charge in [0.2, 0.25) is 0 Å². The number of aryl methyl sites for hydroxylation is 1. The summed E-state index contributed by atoms with van der Waals surface area (Å²) in [6.45, 7) is 5.00. The Morgan fingerprint density at radius 3 is 2.86 bits per heavy atom. The Balaban J connectivity index is 2.28. The van der Waals surface area contributed by atoms with Gasteiger partial charge < -0.3 is 5.32 Å². The minimum Gasteiger partial charge on any atom is -0.308 e. The smallest absolute Gasteiger partial charge is 0.126 e.